The number of hydrogen-bond donors (Lipinski definition) is 3. The molecule has 0 bridgehead atoms. The molecule has 0 saturated carbocycles. The van der Waals surface area contributed by atoms with Crippen molar-refractivity contribution in [1.82, 2.24) is 15.5 Å². The summed E-state index contributed by atoms with van der Waals surface area (Å²) in [6.45, 7) is 3.34. The molecule has 1 fully saturated rings. The van der Waals surface area contributed by atoms with Crippen molar-refractivity contribution in [2.75, 3.05) is 46.0 Å². The maximum absolute atomic E-state index is 12.3. The second-order valence-electron chi connectivity index (χ2n) is 7.55. The van der Waals surface area contributed by atoms with Crippen molar-refractivity contribution >= 4 is 11.8 Å². The topological polar surface area (TPSA) is 100 Å². The zero-order chi connectivity index (χ0) is 21.2. The lowest BCUT2D eigenvalue weighted by Gasteiger charge is -2.32. The summed E-state index contributed by atoms with van der Waals surface area (Å²) in [7, 11) is 0. The van der Waals surface area contributed by atoms with Crippen molar-refractivity contribution in [3.05, 3.63) is 48.0 Å². The van der Waals surface area contributed by atoms with Crippen LogP contribution in [0.15, 0.2) is 42.5 Å². The first kappa shape index (κ1) is 22.4. The van der Waals surface area contributed by atoms with E-state index in [1.165, 1.54) is 5.56 Å². The molecule has 0 aromatic heterocycles. The highest BCUT2D eigenvalue weighted by Crippen LogP contribution is 2.16. The van der Waals surface area contributed by atoms with E-state index in [1.807, 2.05) is 41.3 Å². The van der Waals surface area contributed by atoms with Crippen LogP contribution in [-0.2, 0) is 25.5 Å². The Morgan fingerprint density at radius 1 is 1.10 bits per heavy atom. The van der Waals surface area contributed by atoms with Gasteiger partial charge in [0.15, 0.2) is 0 Å². The number of carbonyl (C=O) groups is 2. The Balaban J connectivity index is 1.41. The van der Waals surface area contributed by atoms with Crippen LogP contribution in [0.3, 0.4) is 0 Å². The van der Waals surface area contributed by atoms with E-state index in [2.05, 4.69) is 10.6 Å². The van der Waals surface area contributed by atoms with Crippen LogP contribution in [0.1, 0.15) is 12.0 Å². The molecule has 164 valence electrons. The Labute approximate surface area is 177 Å². The number of ether oxygens (including phenoxy) is 2. The first-order valence-corrected chi connectivity index (χ1v) is 10.5. The molecule has 8 heteroatoms. The number of hydrogen-bond acceptors (Lipinski definition) is 6. The van der Waals surface area contributed by atoms with Crippen molar-refractivity contribution in [2.45, 2.75) is 31.1 Å². The average molecular weight is 418 g/mol. The second kappa shape index (κ2) is 11.8. The van der Waals surface area contributed by atoms with Crippen LogP contribution in [0.25, 0.3) is 0 Å². The van der Waals surface area contributed by atoms with Crippen LogP contribution in [0, 0.1) is 0 Å². The Kier molecular flexibility index (Phi) is 8.82. The van der Waals surface area contributed by atoms with Gasteiger partial charge in [-0.15, -0.1) is 0 Å². The van der Waals surface area contributed by atoms with Crippen LogP contribution >= 0.6 is 0 Å². The van der Waals surface area contributed by atoms with Gasteiger partial charge in [0.2, 0.25) is 11.8 Å². The standard InChI is InChI=1S/C22H31N3O5/c26-16-20-19(24-22(28)15-25-10-12-29-13-11-25)7-6-18(30-20)14-21(27)23-9-8-17-4-2-1-3-5-17/h1-7,18-20,26H,8-16H2,(H,23,27)(H,24,28)/t18-,19-,20-/m1/s1. The van der Waals surface area contributed by atoms with Crippen molar-refractivity contribution in [1.29, 1.82) is 0 Å². The fourth-order valence-corrected chi connectivity index (χ4v) is 3.58. The van der Waals surface area contributed by atoms with Crippen molar-refractivity contribution < 1.29 is 24.2 Å². The minimum absolute atomic E-state index is 0.105. The zero-order valence-corrected chi connectivity index (χ0v) is 17.2. The summed E-state index contributed by atoms with van der Waals surface area (Å²) in [6.07, 6.45) is 3.53. The molecule has 0 radical (unpaired) electrons. The van der Waals surface area contributed by atoms with Gasteiger partial charge < -0.3 is 25.2 Å². The fraction of sp³-hybridized carbons (Fsp3) is 0.545. The number of aliphatic hydroxyl groups excluding tert-OH is 1. The summed E-state index contributed by atoms with van der Waals surface area (Å²) < 4.78 is 11.1. The predicted octanol–water partition coefficient (Wildman–Crippen LogP) is -0.132. The summed E-state index contributed by atoms with van der Waals surface area (Å²) in [5.41, 5.74) is 1.17. The molecule has 3 N–H and O–H groups in total. The summed E-state index contributed by atoms with van der Waals surface area (Å²) in [6, 6.07) is 9.55. The third-order valence-corrected chi connectivity index (χ3v) is 5.23. The molecule has 1 aromatic carbocycles. The third kappa shape index (κ3) is 7.21. The van der Waals surface area contributed by atoms with Crippen LogP contribution in [-0.4, -0.2) is 86.1 Å². The van der Waals surface area contributed by atoms with E-state index in [0.29, 0.717) is 26.3 Å². The molecule has 1 saturated heterocycles. The first-order chi connectivity index (χ1) is 14.6. The maximum Gasteiger partial charge on any atom is 0.234 e. The smallest absolute Gasteiger partial charge is 0.234 e. The van der Waals surface area contributed by atoms with Gasteiger partial charge in [0.05, 0.1) is 44.9 Å². The highest BCUT2D eigenvalue weighted by molar-refractivity contribution is 5.79. The lowest BCUT2D eigenvalue weighted by Crippen LogP contribution is -2.52. The molecular formula is C22H31N3O5. The Morgan fingerprint density at radius 3 is 2.60 bits per heavy atom. The molecule has 0 aliphatic carbocycles. The van der Waals surface area contributed by atoms with Gasteiger partial charge in [-0.3, -0.25) is 14.5 Å². The summed E-state index contributed by atoms with van der Waals surface area (Å²) in [4.78, 5) is 26.5. The lowest BCUT2D eigenvalue weighted by molar-refractivity contribution is -0.129. The number of aliphatic hydroxyl groups is 1. The van der Waals surface area contributed by atoms with Gasteiger partial charge >= 0.3 is 0 Å². The molecule has 1 aromatic rings. The number of rotatable bonds is 9. The van der Waals surface area contributed by atoms with Gasteiger partial charge in [-0.1, -0.05) is 42.5 Å². The van der Waals surface area contributed by atoms with Crippen LogP contribution in [0.4, 0.5) is 0 Å². The van der Waals surface area contributed by atoms with E-state index >= 15 is 0 Å². The molecule has 30 heavy (non-hydrogen) atoms. The fourth-order valence-electron chi connectivity index (χ4n) is 3.58. The van der Waals surface area contributed by atoms with Gasteiger partial charge in [0, 0.05) is 19.6 Å². The third-order valence-electron chi connectivity index (χ3n) is 5.23. The number of amides is 2. The molecular weight excluding hydrogens is 386 g/mol. The van der Waals surface area contributed by atoms with Crippen molar-refractivity contribution in [3.8, 4) is 0 Å². The molecule has 2 amide bonds. The van der Waals surface area contributed by atoms with Gasteiger partial charge in [-0.05, 0) is 12.0 Å². The van der Waals surface area contributed by atoms with Gasteiger partial charge in [0.1, 0.15) is 6.10 Å². The molecule has 0 unspecified atom stereocenters. The SMILES string of the molecule is O=C(C[C@H]1C=C[C@@H](NC(=O)CN2CCOCC2)[C@@H](CO)O1)NCCc1ccccc1. The normalized spacial score (nSPS) is 24.4. The van der Waals surface area contributed by atoms with Crippen molar-refractivity contribution in [2.24, 2.45) is 0 Å². The molecule has 8 nitrogen and oxygen atoms in total. The summed E-state index contributed by atoms with van der Waals surface area (Å²) >= 11 is 0. The van der Waals surface area contributed by atoms with E-state index in [4.69, 9.17) is 9.47 Å². The van der Waals surface area contributed by atoms with Crippen LogP contribution in [0.5, 0.6) is 0 Å². The van der Waals surface area contributed by atoms with Crippen LogP contribution < -0.4 is 10.6 Å². The zero-order valence-electron chi connectivity index (χ0n) is 17.2. The van der Waals surface area contributed by atoms with E-state index in [0.717, 1.165) is 19.5 Å². The number of nitrogens with zero attached hydrogens (tertiary/aromatic N) is 1. The molecule has 2 aliphatic rings. The van der Waals surface area contributed by atoms with Crippen molar-refractivity contribution in [3.63, 3.8) is 0 Å². The molecule has 3 atom stereocenters. The number of carbonyl (C=O) groups excluding carboxylic acids is 2. The first-order valence-electron chi connectivity index (χ1n) is 10.5. The predicted molar refractivity (Wildman–Crippen MR) is 112 cm³/mol. The van der Waals surface area contributed by atoms with Gasteiger partial charge in [-0.25, -0.2) is 0 Å². The average Bonchev–Trinajstić information content (AvgIpc) is 2.76. The summed E-state index contributed by atoms with van der Waals surface area (Å²) in [5.74, 6) is -0.224. The number of morpholine rings is 1. The maximum atomic E-state index is 12.3. The Bertz CT molecular complexity index is 706. The van der Waals surface area contributed by atoms with E-state index in [-0.39, 0.29) is 24.8 Å². The highest BCUT2D eigenvalue weighted by Gasteiger charge is 2.29. The van der Waals surface area contributed by atoms with Gasteiger partial charge in [-0.2, -0.15) is 0 Å². The Morgan fingerprint density at radius 2 is 1.87 bits per heavy atom. The minimum atomic E-state index is -0.578. The van der Waals surface area contributed by atoms with E-state index < -0.39 is 18.2 Å². The molecule has 2 aliphatic heterocycles. The molecule has 3 rings (SSSR count). The highest BCUT2D eigenvalue weighted by atomic mass is 16.5. The monoisotopic (exact) mass is 417 g/mol. The molecule has 0 spiro atoms. The van der Waals surface area contributed by atoms with E-state index in [9.17, 15) is 14.7 Å². The summed E-state index contributed by atoms with van der Waals surface area (Å²) in [5, 5.41) is 15.5. The number of benzene rings is 1. The molecule has 2 heterocycles. The van der Waals surface area contributed by atoms with E-state index in [1.54, 1.807) is 6.08 Å². The minimum Gasteiger partial charge on any atom is -0.394 e. The quantitative estimate of drug-likeness (QED) is 0.484. The largest absolute Gasteiger partial charge is 0.394 e. The van der Waals surface area contributed by atoms with Gasteiger partial charge in [0.25, 0.3) is 0 Å². The van der Waals surface area contributed by atoms with Crippen LogP contribution in [0.2, 0.25) is 0 Å². The Hall–Kier alpha value is -2.26. The lowest BCUT2D eigenvalue weighted by atomic mass is 10.0. The number of nitrogens with one attached hydrogen (secondary N) is 2. The second-order valence-corrected chi connectivity index (χ2v) is 7.55.